The Labute approximate surface area is 237 Å². The number of rotatable bonds is 7. The molecule has 3 amide bonds. The fraction of sp³-hybridized carbons (Fsp3) is 0.233. The molecule has 1 fully saturated rings. The fourth-order valence-corrected chi connectivity index (χ4v) is 5.08. The SMILES string of the molecule is Cc1ccccc1-n1c(-c2ccccc2)c(C(=O)N2CCNCC2)n(CCNC(=O)Nc2ccccc2Cl)c1=O. The molecule has 3 N–H and O–H groups in total. The Hall–Kier alpha value is -4.34. The van der Waals surface area contributed by atoms with Gasteiger partial charge in [-0.05, 0) is 30.7 Å². The van der Waals surface area contributed by atoms with E-state index >= 15 is 0 Å². The van der Waals surface area contributed by atoms with Crippen molar-refractivity contribution in [2.75, 3.05) is 38.0 Å². The van der Waals surface area contributed by atoms with Crippen molar-refractivity contribution in [1.82, 2.24) is 24.7 Å². The molecule has 9 nitrogen and oxygen atoms in total. The van der Waals surface area contributed by atoms with Gasteiger partial charge in [0.2, 0.25) is 0 Å². The van der Waals surface area contributed by atoms with E-state index < -0.39 is 6.03 Å². The molecule has 0 radical (unpaired) electrons. The summed E-state index contributed by atoms with van der Waals surface area (Å²) in [5, 5.41) is 9.19. The standard InChI is InChI=1S/C30H31ClN6O3/c1-21-9-5-8-14-25(21)37-26(22-10-3-2-4-11-22)27(28(38)35-18-15-32-16-19-35)36(30(37)40)20-17-33-29(39)34-24-13-7-6-12-23(24)31/h2-14,32H,15-20H2,1H3,(H2,33,34,39). The maximum atomic E-state index is 14.1. The molecule has 3 aromatic carbocycles. The second-order valence-electron chi connectivity index (χ2n) is 9.52. The van der Waals surface area contributed by atoms with E-state index in [0.29, 0.717) is 54.0 Å². The van der Waals surface area contributed by atoms with Gasteiger partial charge in [0, 0.05) is 44.8 Å². The summed E-state index contributed by atoms with van der Waals surface area (Å²) in [5.41, 5.74) is 3.31. The number of piperazine rings is 1. The topological polar surface area (TPSA) is 100 Å². The number of aromatic nitrogens is 2. The van der Waals surface area contributed by atoms with Crippen LogP contribution in [0.15, 0.2) is 83.7 Å². The zero-order valence-corrected chi connectivity index (χ0v) is 22.9. The second kappa shape index (κ2) is 12.2. The molecule has 5 rings (SSSR count). The normalized spacial score (nSPS) is 13.2. The first-order valence-corrected chi connectivity index (χ1v) is 13.6. The number of hydrogen-bond acceptors (Lipinski definition) is 4. The smallest absolute Gasteiger partial charge is 0.333 e. The van der Waals surface area contributed by atoms with Crippen LogP contribution in [0.3, 0.4) is 0 Å². The number of urea groups is 1. The summed E-state index contributed by atoms with van der Waals surface area (Å²) < 4.78 is 3.10. The zero-order valence-electron chi connectivity index (χ0n) is 22.2. The quantitative estimate of drug-likeness (QED) is 0.317. The molecule has 0 unspecified atom stereocenters. The lowest BCUT2D eigenvalue weighted by atomic mass is 10.1. The molecule has 0 atom stereocenters. The predicted molar refractivity (Wildman–Crippen MR) is 157 cm³/mol. The van der Waals surface area contributed by atoms with Crippen molar-refractivity contribution in [1.29, 1.82) is 0 Å². The van der Waals surface area contributed by atoms with Crippen LogP contribution in [0.5, 0.6) is 0 Å². The van der Waals surface area contributed by atoms with E-state index in [1.807, 2.05) is 61.5 Å². The highest BCUT2D eigenvalue weighted by molar-refractivity contribution is 6.33. The van der Waals surface area contributed by atoms with E-state index in [2.05, 4.69) is 16.0 Å². The molecule has 2 heterocycles. The largest absolute Gasteiger partial charge is 0.336 e. The summed E-state index contributed by atoms with van der Waals surface area (Å²) >= 11 is 6.16. The fourth-order valence-electron chi connectivity index (χ4n) is 4.90. The summed E-state index contributed by atoms with van der Waals surface area (Å²) in [6, 6.07) is 23.5. The van der Waals surface area contributed by atoms with Crippen LogP contribution in [0.25, 0.3) is 16.9 Å². The van der Waals surface area contributed by atoms with Crippen LogP contribution in [0.1, 0.15) is 16.1 Å². The third kappa shape index (κ3) is 5.66. The maximum Gasteiger partial charge on any atom is 0.333 e. The van der Waals surface area contributed by atoms with Crippen molar-refractivity contribution >= 4 is 29.2 Å². The van der Waals surface area contributed by atoms with Gasteiger partial charge in [-0.15, -0.1) is 0 Å². The van der Waals surface area contributed by atoms with E-state index in [-0.39, 0.29) is 24.7 Å². The Bertz CT molecular complexity index is 1570. The van der Waals surface area contributed by atoms with Crippen molar-refractivity contribution in [2.24, 2.45) is 0 Å². The molecule has 1 aliphatic heterocycles. The third-order valence-corrected chi connectivity index (χ3v) is 7.22. The van der Waals surface area contributed by atoms with Gasteiger partial charge in [0.05, 0.1) is 22.1 Å². The van der Waals surface area contributed by atoms with Crippen molar-refractivity contribution in [3.8, 4) is 16.9 Å². The molecule has 0 aliphatic carbocycles. The molecule has 4 aromatic rings. The molecule has 1 aromatic heterocycles. The van der Waals surface area contributed by atoms with E-state index in [1.54, 1.807) is 33.7 Å². The Balaban J connectivity index is 1.56. The number of carbonyl (C=O) groups is 2. The van der Waals surface area contributed by atoms with Crippen LogP contribution in [0.2, 0.25) is 5.02 Å². The van der Waals surface area contributed by atoms with Crippen molar-refractivity contribution in [2.45, 2.75) is 13.5 Å². The summed E-state index contributed by atoms with van der Waals surface area (Å²) in [5.74, 6) is -0.217. The first-order chi connectivity index (χ1) is 19.5. The molecular formula is C30H31ClN6O3. The summed E-state index contributed by atoms with van der Waals surface area (Å²) in [6.07, 6.45) is 0. The lowest BCUT2D eigenvalue weighted by molar-refractivity contribution is 0.0725. The minimum absolute atomic E-state index is 0.0979. The van der Waals surface area contributed by atoms with Gasteiger partial charge in [0.15, 0.2) is 0 Å². The Morgan fingerprint density at radius 2 is 1.60 bits per heavy atom. The molecule has 1 saturated heterocycles. The molecule has 0 spiro atoms. The molecule has 206 valence electrons. The number of aryl methyl sites for hydroxylation is 1. The van der Waals surface area contributed by atoms with Gasteiger partial charge in [0.25, 0.3) is 5.91 Å². The number of nitrogens with one attached hydrogen (secondary N) is 3. The maximum absolute atomic E-state index is 14.1. The van der Waals surface area contributed by atoms with E-state index in [1.165, 1.54) is 4.57 Å². The van der Waals surface area contributed by atoms with Gasteiger partial charge < -0.3 is 20.9 Å². The first kappa shape index (κ1) is 27.2. The summed E-state index contributed by atoms with van der Waals surface area (Å²) in [4.78, 5) is 42.6. The van der Waals surface area contributed by atoms with Crippen LogP contribution >= 0.6 is 11.6 Å². The Morgan fingerprint density at radius 1 is 0.925 bits per heavy atom. The minimum atomic E-state index is -0.460. The molecule has 1 aliphatic rings. The summed E-state index contributed by atoms with van der Waals surface area (Å²) in [6.45, 7) is 4.58. The molecule has 0 saturated carbocycles. The van der Waals surface area contributed by atoms with Gasteiger partial charge in [0.1, 0.15) is 5.69 Å². The van der Waals surface area contributed by atoms with Crippen LogP contribution in [0, 0.1) is 6.92 Å². The number of anilines is 1. The molecule has 10 heteroatoms. The average Bonchev–Trinajstić information content (AvgIpc) is 3.26. The molecule has 0 bridgehead atoms. The van der Waals surface area contributed by atoms with E-state index in [9.17, 15) is 14.4 Å². The average molecular weight is 559 g/mol. The highest BCUT2D eigenvalue weighted by atomic mass is 35.5. The predicted octanol–water partition coefficient (Wildman–Crippen LogP) is 4.13. The number of nitrogens with zero attached hydrogens (tertiary/aromatic N) is 3. The first-order valence-electron chi connectivity index (χ1n) is 13.2. The van der Waals surface area contributed by atoms with Crippen LogP contribution in [-0.4, -0.2) is 58.7 Å². The lowest BCUT2D eigenvalue weighted by Crippen LogP contribution is -2.47. The lowest BCUT2D eigenvalue weighted by Gasteiger charge is -2.28. The van der Waals surface area contributed by atoms with Crippen LogP contribution in [0.4, 0.5) is 10.5 Å². The van der Waals surface area contributed by atoms with E-state index in [4.69, 9.17) is 11.6 Å². The number of hydrogen-bond donors (Lipinski definition) is 3. The van der Waals surface area contributed by atoms with Gasteiger partial charge in [-0.2, -0.15) is 0 Å². The third-order valence-electron chi connectivity index (χ3n) is 6.89. The number of imidazole rings is 1. The number of amides is 3. The van der Waals surface area contributed by atoms with E-state index in [0.717, 1.165) is 11.1 Å². The number of para-hydroxylation sites is 2. The monoisotopic (exact) mass is 558 g/mol. The summed E-state index contributed by atoms with van der Waals surface area (Å²) in [7, 11) is 0. The van der Waals surface area contributed by atoms with Crippen LogP contribution < -0.4 is 21.6 Å². The van der Waals surface area contributed by atoms with Gasteiger partial charge in [-0.3, -0.25) is 13.9 Å². The van der Waals surface area contributed by atoms with Gasteiger partial charge in [-0.25, -0.2) is 9.59 Å². The van der Waals surface area contributed by atoms with Crippen molar-refractivity contribution in [3.05, 3.63) is 106 Å². The Kier molecular flexibility index (Phi) is 8.33. The highest BCUT2D eigenvalue weighted by Gasteiger charge is 2.31. The zero-order chi connectivity index (χ0) is 28.1. The Morgan fingerprint density at radius 3 is 2.33 bits per heavy atom. The minimum Gasteiger partial charge on any atom is -0.336 e. The molecular weight excluding hydrogens is 528 g/mol. The number of halogens is 1. The number of benzene rings is 3. The number of carbonyl (C=O) groups excluding carboxylic acids is 2. The van der Waals surface area contributed by atoms with Gasteiger partial charge >= 0.3 is 11.7 Å². The molecule has 40 heavy (non-hydrogen) atoms. The highest BCUT2D eigenvalue weighted by Crippen LogP contribution is 2.29. The van der Waals surface area contributed by atoms with Gasteiger partial charge in [-0.1, -0.05) is 72.3 Å². The van der Waals surface area contributed by atoms with Crippen molar-refractivity contribution < 1.29 is 9.59 Å². The second-order valence-corrected chi connectivity index (χ2v) is 9.93. The van der Waals surface area contributed by atoms with Crippen LogP contribution in [-0.2, 0) is 6.54 Å². The van der Waals surface area contributed by atoms with Crippen molar-refractivity contribution in [3.63, 3.8) is 0 Å².